The number of hydrogen-bond donors (Lipinski definition) is 3. The third kappa shape index (κ3) is 7.68. The number of carbonyl (C=O) groups excluding carboxylic acids is 2. The minimum Gasteiger partial charge on any atom is -0.376 e. The van der Waals surface area contributed by atoms with Gasteiger partial charge in [-0.2, -0.15) is 0 Å². The van der Waals surface area contributed by atoms with E-state index < -0.39 is 5.91 Å². The highest BCUT2D eigenvalue weighted by atomic mass is 32.1. The Morgan fingerprint density at radius 2 is 1.84 bits per heavy atom. The average molecular weight is 304 g/mol. The summed E-state index contributed by atoms with van der Waals surface area (Å²) in [6.45, 7) is 5.08. The Morgan fingerprint density at radius 3 is 2.32 bits per heavy atom. The van der Waals surface area contributed by atoms with Crippen LogP contribution in [-0.2, 0) is 9.59 Å². The zero-order chi connectivity index (χ0) is 14.8. The maximum absolute atomic E-state index is 12.0. The number of hydrogen-bond acceptors (Lipinski definition) is 4. The number of nitrogens with zero attached hydrogens (tertiary/aromatic N) is 1. The van der Waals surface area contributed by atoms with Gasteiger partial charge < -0.3 is 16.4 Å². The first kappa shape index (κ1) is 17.7. The topological polar surface area (TPSA) is 87.5 Å². The molecule has 0 bridgehead atoms. The van der Waals surface area contributed by atoms with Gasteiger partial charge in [0.15, 0.2) is 10.2 Å². The van der Waals surface area contributed by atoms with E-state index >= 15 is 0 Å². The third-order valence-corrected chi connectivity index (χ3v) is 2.56. The lowest BCUT2D eigenvalue weighted by Crippen LogP contribution is -2.46. The predicted octanol–water partition coefficient (Wildman–Crippen LogP) is 0.259. The molecule has 2 amide bonds. The van der Waals surface area contributed by atoms with Gasteiger partial charge in [-0.15, -0.1) is 0 Å². The number of nitrogens with one attached hydrogen (secondary N) is 2. The van der Waals surface area contributed by atoms with Gasteiger partial charge in [-0.1, -0.05) is 13.8 Å². The van der Waals surface area contributed by atoms with Crippen molar-refractivity contribution < 1.29 is 9.59 Å². The third-order valence-electron chi connectivity index (χ3n) is 2.09. The van der Waals surface area contributed by atoms with E-state index in [4.69, 9.17) is 18.0 Å². The quantitative estimate of drug-likeness (QED) is 0.482. The molecule has 0 aliphatic heterocycles. The van der Waals surface area contributed by atoms with Crippen molar-refractivity contribution in [2.24, 2.45) is 5.73 Å². The molecule has 8 heteroatoms. The van der Waals surface area contributed by atoms with E-state index in [1.807, 2.05) is 13.8 Å². The number of nitrogens with two attached hydrogens (primary N) is 1. The van der Waals surface area contributed by atoms with Crippen LogP contribution in [0.25, 0.3) is 0 Å². The van der Waals surface area contributed by atoms with Crippen LogP contribution in [0, 0.1) is 0 Å². The summed E-state index contributed by atoms with van der Waals surface area (Å²) in [5.41, 5.74) is 5.17. The summed E-state index contributed by atoms with van der Waals surface area (Å²) in [6, 6.07) is 0. The van der Waals surface area contributed by atoms with Crippen molar-refractivity contribution in [3.8, 4) is 0 Å². The maximum Gasteiger partial charge on any atom is 0.238 e. The van der Waals surface area contributed by atoms with E-state index in [2.05, 4.69) is 22.9 Å². The van der Waals surface area contributed by atoms with Crippen LogP contribution in [0.1, 0.15) is 33.1 Å². The second-order valence-electron chi connectivity index (χ2n) is 3.87. The molecule has 108 valence electrons. The fraction of sp³-hybridized carbons (Fsp3) is 0.636. The molecule has 0 aliphatic rings. The van der Waals surface area contributed by atoms with Crippen molar-refractivity contribution in [2.75, 3.05) is 13.1 Å². The van der Waals surface area contributed by atoms with Crippen molar-refractivity contribution >= 4 is 46.5 Å². The summed E-state index contributed by atoms with van der Waals surface area (Å²) in [5.74, 6) is -0.902. The molecule has 0 aromatic rings. The minimum atomic E-state index is -0.531. The predicted molar refractivity (Wildman–Crippen MR) is 82.4 cm³/mol. The summed E-state index contributed by atoms with van der Waals surface area (Å²) in [6.07, 6.45) is 1.32. The molecule has 0 fully saturated rings. The normalized spacial score (nSPS) is 9.58. The van der Waals surface area contributed by atoms with Crippen LogP contribution < -0.4 is 16.4 Å². The Morgan fingerprint density at radius 1 is 1.21 bits per heavy atom. The first-order chi connectivity index (χ1) is 8.92. The zero-order valence-corrected chi connectivity index (χ0v) is 12.8. The van der Waals surface area contributed by atoms with Gasteiger partial charge in [0.2, 0.25) is 11.8 Å². The van der Waals surface area contributed by atoms with Crippen molar-refractivity contribution in [2.45, 2.75) is 33.1 Å². The van der Waals surface area contributed by atoms with Gasteiger partial charge in [-0.3, -0.25) is 14.5 Å². The van der Waals surface area contributed by atoms with Crippen LogP contribution in [0.15, 0.2) is 0 Å². The van der Waals surface area contributed by atoms with E-state index in [0.717, 1.165) is 12.8 Å². The van der Waals surface area contributed by atoms with Gasteiger partial charge in [0.05, 0.1) is 0 Å². The van der Waals surface area contributed by atoms with Crippen molar-refractivity contribution in [3.63, 3.8) is 0 Å². The highest BCUT2D eigenvalue weighted by molar-refractivity contribution is 7.80. The highest BCUT2D eigenvalue weighted by Gasteiger charge is 2.20. The molecular weight excluding hydrogens is 284 g/mol. The molecule has 19 heavy (non-hydrogen) atoms. The maximum atomic E-state index is 12.0. The molecule has 0 aromatic carbocycles. The molecule has 4 N–H and O–H groups in total. The Bertz CT molecular complexity index is 361. The summed E-state index contributed by atoms with van der Waals surface area (Å²) in [4.78, 5) is 24.8. The van der Waals surface area contributed by atoms with Gasteiger partial charge in [0.1, 0.15) is 6.42 Å². The Balaban J connectivity index is 4.51. The molecular formula is C11H20N4O2S2. The molecule has 0 saturated heterocycles. The minimum absolute atomic E-state index is 0.147. The van der Waals surface area contributed by atoms with E-state index in [0.29, 0.717) is 18.2 Å². The van der Waals surface area contributed by atoms with Gasteiger partial charge in [0.25, 0.3) is 0 Å². The van der Waals surface area contributed by atoms with Crippen molar-refractivity contribution in [1.29, 1.82) is 0 Å². The lowest BCUT2D eigenvalue weighted by molar-refractivity contribution is -0.132. The second-order valence-corrected chi connectivity index (χ2v) is 4.69. The Kier molecular flexibility index (Phi) is 8.98. The molecule has 0 saturated carbocycles. The smallest absolute Gasteiger partial charge is 0.238 e. The lowest BCUT2D eigenvalue weighted by atomic mass is 10.3. The molecule has 0 spiro atoms. The molecule has 0 rings (SSSR count). The van der Waals surface area contributed by atoms with Crippen molar-refractivity contribution in [1.82, 2.24) is 15.5 Å². The molecule has 0 aliphatic carbocycles. The fourth-order valence-corrected chi connectivity index (χ4v) is 1.71. The van der Waals surface area contributed by atoms with Crippen LogP contribution in [0.2, 0.25) is 0 Å². The van der Waals surface area contributed by atoms with E-state index in [1.165, 1.54) is 4.90 Å². The lowest BCUT2D eigenvalue weighted by Gasteiger charge is -2.23. The molecule has 6 nitrogen and oxygen atoms in total. The van der Waals surface area contributed by atoms with Gasteiger partial charge >= 0.3 is 0 Å². The average Bonchev–Trinajstić information content (AvgIpc) is 2.31. The molecule has 0 unspecified atom stereocenters. The van der Waals surface area contributed by atoms with E-state index in [1.54, 1.807) is 0 Å². The van der Waals surface area contributed by atoms with Crippen LogP contribution in [0.3, 0.4) is 0 Å². The van der Waals surface area contributed by atoms with Crippen molar-refractivity contribution in [3.05, 3.63) is 0 Å². The standard InChI is InChI=1S/C11H20N4O2S2/c1-3-5-13-11(19)15(6-4-2)9(17)7-8(16)14-10(12)18/h3-7H2,1-2H3,(H,13,19)(H3,12,14,16,18). The van der Waals surface area contributed by atoms with E-state index in [-0.39, 0.29) is 17.4 Å². The van der Waals surface area contributed by atoms with Crippen LogP contribution >= 0.6 is 24.4 Å². The Hall–Kier alpha value is -1.28. The van der Waals surface area contributed by atoms with Gasteiger partial charge in [-0.25, -0.2) is 0 Å². The SMILES string of the molecule is CCCNC(=S)N(CCC)C(=O)CC(=O)NC(N)=S. The first-order valence-electron chi connectivity index (χ1n) is 6.09. The first-order valence-corrected chi connectivity index (χ1v) is 6.91. The van der Waals surface area contributed by atoms with Crippen LogP contribution in [0.4, 0.5) is 0 Å². The summed E-state index contributed by atoms with van der Waals surface area (Å²) >= 11 is 9.67. The molecule has 0 aromatic heterocycles. The Labute approximate surface area is 124 Å². The summed E-state index contributed by atoms with van der Waals surface area (Å²) < 4.78 is 0. The van der Waals surface area contributed by atoms with Crippen LogP contribution in [0.5, 0.6) is 0 Å². The fourth-order valence-electron chi connectivity index (χ4n) is 1.30. The summed E-state index contributed by atoms with van der Waals surface area (Å²) in [5, 5.41) is 5.38. The number of amides is 2. The van der Waals surface area contributed by atoms with Gasteiger partial charge in [-0.05, 0) is 37.3 Å². The molecule has 0 heterocycles. The molecule has 0 atom stereocenters. The zero-order valence-electron chi connectivity index (χ0n) is 11.2. The number of carbonyl (C=O) groups is 2. The van der Waals surface area contributed by atoms with Gasteiger partial charge in [0, 0.05) is 13.1 Å². The summed E-state index contributed by atoms with van der Waals surface area (Å²) in [7, 11) is 0. The largest absolute Gasteiger partial charge is 0.376 e. The number of rotatable bonds is 6. The second kappa shape index (κ2) is 9.62. The number of thiocarbonyl (C=S) groups is 2. The van der Waals surface area contributed by atoms with Crippen LogP contribution in [-0.4, -0.2) is 40.0 Å². The van der Waals surface area contributed by atoms with E-state index in [9.17, 15) is 9.59 Å². The monoisotopic (exact) mass is 304 g/mol. The molecule has 0 radical (unpaired) electrons. The highest BCUT2D eigenvalue weighted by Crippen LogP contribution is 1.99.